The molecule has 0 aliphatic rings. The van der Waals surface area contributed by atoms with E-state index in [-0.39, 0.29) is 5.56 Å². The van der Waals surface area contributed by atoms with E-state index in [4.69, 9.17) is 0 Å². The molecule has 104 valence electrons. The first-order valence-corrected chi connectivity index (χ1v) is 6.69. The Morgan fingerprint density at radius 1 is 1.05 bits per heavy atom. The summed E-state index contributed by atoms with van der Waals surface area (Å²) in [5.41, 5.74) is -0.874. The molecule has 2 aromatic rings. The highest BCUT2D eigenvalue weighted by atomic mass is 127. The van der Waals surface area contributed by atoms with Gasteiger partial charge in [-0.2, -0.15) is 13.2 Å². The number of carbonyl (C=O) groups excluding carboxylic acids is 1. The van der Waals surface area contributed by atoms with E-state index in [1.165, 1.54) is 12.1 Å². The number of anilines is 1. The van der Waals surface area contributed by atoms with Crippen LogP contribution in [0.3, 0.4) is 0 Å². The third-order valence-corrected chi connectivity index (χ3v) is 3.23. The standard InChI is InChI=1S/C14H9F3INO/c15-14(16,17)12-7-2-1-6-11(12)13(20)19-10-5-3-4-9(18)8-10/h1-8H,(H,19,20). The van der Waals surface area contributed by atoms with Crippen LogP contribution in [-0.4, -0.2) is 5.91 Å². The SMILES string of the molecule is O=C(Nc1cccc(I)c1)c1ccccc1C(F)(F)F. The van der Waals surface area contributed by atoms with Crippen molar-refractivity contribution in [3.63, 3.8) is 0 Å². The van der Waals surface area contributed by atoms with Gasteiger partial charge in [0.15, 0.2) is 0 Å². The van der Waals surface area contributed by atoms with Gasteiger partial charge in [-0.15, -0.1) is 0 Å². The van der Waals surface area contributed by atoms with Crippen LogP contribution in [0.25, 0.3) is 0 Å². The molecule has 0 saturated heterocycles. The van der Waals surface area contributed by atoms with Crippen molar-refractivity contribution in [3.05, 3.63) is 63.2 Å². The van der Waals surface area contributed by atoms with Crippen LogP contribution in [0, 0.1) is 3.57 Å². The number of hydrogen-bond acceptors (Lipinski definition) is 1. The highest BCUT2D eigenvalue weighted by Gasteiger charge is 2.34. The third-order valence-electron chi connectivity index (χ3n) is 2.56. The zero-order valence-electron chi connectivity index (χ0n) is 10.0. The minimum atomic E-state index is -4.56. The molecule has 0 radical (unpaired) electrons. The van der Waals surface area contributed by atoms with Gasteiger partial charge < -0.3 is 5.32 Å². The maximum atomic E-state index is 12.8. The lowest BCUT2D eigenvalue weighted by Crippen LogP contribution is -2.18. The number of carbonyl (C=O) groups is 1. The number of amides is 1. The van der Waals surface area contributed by atoms with Gasteiger partial charge in [-0.3, -0.25) is 4.79 Å². The molecule has 0 aromatic heterocycles. The Morgan fingerprint density at radius 3 is 2.40 bits per heavy atom. The second-order valence-corrected chi connectivity index (χ2v) is 5.25. The Kier molecular flexibility index (Phi) is 4.32. The Morgan fingerprint density at radius 2 is 1.75 bits per heavy atom. The summed E-state index contributed by atoms with van der Waals surface area (Å²) in [5, 5.41) is 2.47. The van der Waals surface area contributed by atoms with Crippen molar-refractivity contribution in [2.75, 3.05) is 5.32 Å². The van der Waals surface area contributed by atoms with Gasteiger partial charge in [-0.25, -0.2) is 0 Å². The molecule has 0 aliphatic heterocycles. The number of benzene rings is 2. The van der Waals surface area contributed by atoms with Gasteiger partial charge >= 0.3 is 6.18 Å². The van der Waals surface area contributed by atoms with Crippen molar-refractivity contribution in [3.8, 4) is 0 Å². The molecule has 0 atom stereocenters. The van der Waals surface area contributed by atoms with Crippen LogP contribution in [0.4, 0.5) is 18.9 Å². The highest BCUT2D eigenvalue weighted by molar-refractivity contribution is 14.1. The van der Waals surface area contributed by atoms with E-state index in [1.807, 2.05) is 6.07 Å². The van der Waals surface area contributed by atoms with E-state index in [0.717, 1.165) is 15.7 Å². The second-order valence-electron chi connectivity index (χ2n) is 4.01. The summed E-state index contributed by atoms with van der Waals surface area (Å²) >= 11 is 2.06. The van der Waals surface area contributed by atoms with Crippen molar-refractivity contribution in [1.29, 1.82) is 0 Å². The fourth-order valence-electron chi connectivity index (χ4n) is 1.69. The topological polar surface area (TPSA) is 29.1 Å². The largest absolute Gasteiger partial charge is 0.417 e. The van der Waals surface area contributed by atoms with E-state index < -0.39 is 17.6 Å². The molecular formula is C14H9F3INO. The van der Waals surface area contributed by atoms with E-state index in [2.05, 4.69) is 27.9 Å². The van der Waals surface area contributed by atoms with Gasteiger partial charge in [0, 0.05) is 9.26 Å². The molecule has 2 nitrogen and oxygen atoms in total. The Hall–Kier alpha value is -1.57. The summed E-state index contributed by atoms with van der Waals surface area (Å²) in [4.78, 5) is 12.0. The summed E-state index contributed by atoms with van der Waals surface area (Å²) in [5.74, 6) is -0.778. The first-order valence-electron chi connectivity index (χ1n) is 5.61. The minimum Gasteiger partial charge on any atom is -0.322 e. The number of rotatable bonds is 2. The van der Waals surface area contributed by atoms with Crippen LogP contribution in [0.15, 0.2) is 48.5 Å². The quantitative estimate of drug-likeness (QED) is 0.748. The number of alkyl halides is 3. The molecule has 1 N–H and O–H groups in total. The fraction of sp³-hybridized carbons (Fsp3) is 0.0714. The lowest BCUT2D eigenvalue weighted by atomic mass is 10.1. The summed E-state index contributed by atoms with van der Waals surface area (Å²) in [7, 11) is 0. The Labute approximate surface area is 127 Å². The van der Waals surface area contributed by atoms with Gasteiger partial charge in [-0.05, 0) is 52.9 Å². The van der Waals surface area contributed by atoms with Gasteiger partial charge in [0.05, 0.1) is 11.1 Å². The van der Waals surface area contributed by atoms with E-state index >= 15 is 0 Å². The van der Waals surface area contributed by atoms with Crippen molar-refractivity contribution in [1.82, 2.24) is 0 Å². The van der Waals surface area contributed by atoms with Crippen LogP contribution >= 0.6 is 22.6 Å². The highest BCUT2D eigenvalue weighted by Crippen LogP contribution is 2.32. The van der Waals surface area contributed by atoms with Gasteiger partial charge in [0.1, 0.15) is 0 Å². The maximum absolute atomic E-state index is 12.8. The summed E-state index contributed by atoms with van der Waals surface area (Å²) in [6.07, 6.45) is -4.56. The number of nitrogens with one attached hydrogen (secondary N) is 1. The average molecular weight is 391 g/mol. The molecule has 1 amide bonds. The van der Waals surface area contributed by atoms with Crippen LogP contribution in [0.2, 0.25) is 0 Å². The lowest BCUT2D eigenvalue weighted by molar-refractivity contribution is -0.137. The van der Waals surface area contributed by atoms with E-state index in [0.29, 0.717) is 5.69 Å². The molecule has 0 saturated carbocycles. The monoisotopic (exact) mass is 391 g/mol. The van der Waals surface area contributed by atoms with Crippen molar-refractivity contribution >= 4 is 34.2 Å². The predicted molar refractivity (Wildman–Crippen MR) is 78.6 cm³/mol. The summed E-state index contributed by atoms with van der Waals surface area (Å²) in [6, 6.07) is 11.5. The Balaban J connectivity index is 2.31. The number of hydrogen-bond donors (Lipinski definition) is 1. The van der Waals surface area contributed by atoms with E-state index in [9.17, 15) is 18.0 Å². The normalized spacial score (nSPS) is 11.2. The molecule has 0 fully saturated rings. The molecule has 0 aliphatic carbocycles. The summed E-state index contributed by atoms with van der Waals surface area (Å²) in [6.45, 7) is 0. The molecule has 0 bridgehead atoms. The maximum Gasteiger partial charge on any atom is 0.417 e. The molecular weight excluding hydrogens is 382 g/mol. The molecule has 2 aromatic carbocycles. The van der Waals surface area contributed by atoms with Crippen LogP contribution in [-0.2, 0) is 6.18 Å². The predicted octanol–water partition coefficient (Wildman–Crippen LogP) is 4.56. The number of halogens is 4. The first kappa shape index (κ1) is 14.8. The van der Waals surface area contributed by atoms with E-state index in [1.54, 1.807) is 18.2 Å². The molecule has 0 spiro atoms. The van der Waals surface area contributed by atoms with Crippen LogP contribution in [0.5, 0.6) is 0 Å². The molecule has 6 heteroatoms. The molecule has 0 unspecified atom stereocenters. The van der Waals surface area contributed by atoms with Crippen molar-refractivity contribution < 1.29 is 18.0 Å². The average Bonchev–Trinajstić information content (AvgIpc) is 2.37. The first-order chi connectivity index (χ1) is 9.38. The molecule has 20 heavy (non-hydrogen) atoms. The second kappa shape index (κ2) is 5.82. The van der Waals surface area contributed by atoms with Gasteiger partial charge in [0.25, 0.3) is 5.91 Å². The molecule has 2 rings (SSSR count). The minimum absolute atomic E-state index is 0.390. The third kappa shape index (κ3) is 3.50. The Bertz CT molecular complexity index is 640. The zero-order valence-corrected chi connectivity index (χ0v) is 12.2. The van der Waals surface area contributed by atoms with Gasteiger partial charge in [0.2, 0.25) is 0 Å². The van der Waals surface area contributed by atoms with Crippen molar-refractivity contribution in [2.45, 2.75) is 6.18 Å². The summed E-state index contributed by atoms with van der Waals surface area (Å²) < 4.78 is 39.4. The van der Waals surface area contributed by atoms with Crippen molar-refractivity contribution in [2.24, 2.45) is 0 Å². The zero-order chi connectivity index (χ0) is 14.8. The smallest absolute Gasteiger partial charge is 0.322 e. The van der Waals surface area contributed by atoms with Crippen LogP contribution in [0.1, 0.15) is 15.9 Å². The lowest BCUT2D eigenvalue weighted by Gasteiger charge is -2.12. The fourth-order valence-corrected chi connectivity index (χ4v) is 2.24. The molecule has 0 heterocycles. The van der Waals surface area contributed by atoms with Crippen LogP contribution < -0.4 is 5.32 Å². The van der Waals surface area contributed by atoms with Gasteiger partial charge in [-0.1, -0.05) is 18.2 Å².